The minimum Gasteiger partial charge on any atom is -0.300 e. The number of halogens is 1. The molecule has 0 unspecified atom stereocenters. The van der Waals surface area contributed by atoms with Gasteiger partial charge in [-0.1, -0.05) is 0 Å². The first kappa shape index (κ1) is 6.79. The second-order valence-electron chi connectivity index (χ2n) is 2.29. The molecule has 0 spiro atoms. The molecule has 11 heavy (non-hydrogen) atoms. The lowest BCUT2D eigenvalue weighted by atomic mass is 10.5. The Morgan fingerprint density at radius 1 is 1.45 bits per heavy atom. The maximum atomic E-state index is 4.11. The summed E-state index contributed by atoms with van der Waals surface area (Å²) in [5.74, 6) is 0. The summed E-state index contributed by atoms with van der Waals surface area (Å²) in [5, 5.41) is 0. The summed E-state index contributed by atoms with van der Waals surface area (Å²) < 4.78 is 2.85. The molecular weight excluding hydrogens is 206 g/mol. The van der Waals surface area contributed by atoms with Crippen molar-refractivity contribution in [1.82, 2.24) is 14.4 Å². The van der Waals surface area contributed by atoms with Crippen molar-refractivity contribution in [2.24, 2.45) is 0 Å². The zero-order valence-corrected chi connectivity index (χ0v) is 7.54. The predicted octanol–water partition coefficient (Wildman–Crippen LogP) is 1.80. The third-order valence-corrected chi connectivity index (χ3v) is 2.40. The normalized spacial score (nSPS) is 10.7. The van der Waals surface area contributed by atoms with E-state index in [2.05, 4.69) is 25.9 Å². The van der Waals surface area contributed by atoms with Crippen molar-refractivity contribution in [3.8, 4) is 0 Å². The Morgan fingerprint density at radius 3 is 3.09 bits per heavy atom. The van der Waals surface area contributed by atoms with Crippen LogP contribution in [0.25, 0.3) is 5.65 Å². The van der Waals surface area contributed by atoms with Crippen LogP contribution >= 0.6 is 15.9 Å². The quantitative estimate of drug-likeness (QED) is 0.666. The van der Waals surface area contributed by atoms with Gasteiger partial charge in [0, 0.05) is 12.4 Å². The van der Waals surface area contributed by atoms with Crippen molar-refractivity contribution in [2.75, 3.05) is 0 Å². The van der Waals surface area contributed by atoms with E-state index in [1.54, 1.807) is 12.4 Å². The zero-order chi connectivity index (χ0) is 7.84. The molecule has 56 valence electrons. The molecule has 0 atom stereocenters. The Balaban J connectivity index is 2.93. The van der Waals surface area contributed by atoms with Crippen LogP contribution in [0.15, 0.2) is 23.2 Å². The molecule has 0 bridgehead atoms. The number of hydrogen-bond acceptors (Lipinski definition) is 2. The van der Waals surface area contributed by atoms with E-state index in [1.165, 1.54) is 0 Å². The first-order valence-corrected chi connectivity index (χ1v) is 4.02. The van der Waals surface area contributed by atoms with Crippen LogP contribution in [0.5, 0.6) is 0 Å². The van der Waals surface area contributed by atoms with E-state index in [4.69, 9.17) is 0 Å². The highest BCUT2D eigenvalue weighted by Gasteiger charge is 2.00. The van der Waals surface area contributed by atoms with Crippen LogP contribution < -0.4 is 0 Å². The molecule has 0 aliphatic heterocycles. The smallest absolute Gasteiger partial charge is 0.155 e. The highest BCUT2D eigenvalue weighted by Crippen LogP contribution is 2.13. The summed E-state index contributed by atoms with van der Waals surface area (Å²) in [6.45, 7) is 1.99. The molecule has 0 amide bonds. The lowest BCUT2D eigenvalue weighted by Gasteiger charge is -1.99. The fraction of sp³-hybridized carbons (Fsp3) is 0.143. The molecule has 2 aromatic rings. The van der Waals surface area contributed by atoms with Gasteiger partial charge in [0.05, 0.1) is 11.9 Å². The number of aryl methyl sites for hydroxylation is 1. The summed E-state index contributed by atoms with van der Waals surface area (Å²) in [5.41, 5.74) is 1.95. The Bertz CT molecular complexity index is 393. The minimum absolute atomic E-state index is 0.864. The van der Waals surface area contributed by atoms with Gasteiger partial charge in [0.25, 0.3) is 0 Å². The number of hydrogen-bond donors (Lipinski definition) is 0. The fourth-order valence-corrected chi connectivity index (χ4v) is 1.29. The van der Waals surface area contributed by atoms with Gasteiger partial charge in [-0.25, -0.2) is 9.97 Å². The van der Waals surface area contributed by atoms with Gasteiger partial charge in [-0.05, 0) is 22.9 Å². The molecule has 0 saturated carbocycles. The van der Waals surface area contributed by atoms with Gasteiger partial charge in [0.15, 0.2) is 5.65 Å². The highest BCUT2D eigenvalue weighted by molar-refractivity contribution is 9.10. The van der Waals surface area contributed by atoms with Crippen LogP contribution in [0.1, 0.15) is 5.69 Å². The average molecular weight is 212 g/mol. The third kappa shape index (κ3) is 0.939. The van der Waals surface area contributed by atoms with Crippen molar-refractivity contribution in [3.05, 3.63) is 28.9 Å². The molecule has 0 aromatic carbocycles. The number of imidazole rings is 1. The van der Waals surface area contributed by atoms with E-state index >= 15 is 0 Å². The zero-order valence-electron chi connectivity index (χ0n) is 5.95. The van der Waals surface area contributed by atoms with Gasteiger partial charge in [-0.15, -0.1) is 0 Å². The first-order valence-electron chi connectivity index (χ1n) is 3.23. The van der Waals surface area contributed by atoms with Gasteiger partial charge >= 0.3 is 0 Å². The molecular formula is C7H6BrN3. The van der Waals surface area contributed by atoms with Crippen LogP contribution in [-0.4, -0.2) is 14.4 Å². The van der Waals surface area contributed by atoms with Gasteiger partial charge in [0.1, 0.15) is 4.60 Å². The monoisotopic (exact) mass is 211 g/mol. The van der Waals surface area contributed by atoms with Gasteiger partial charge in [-0.3, -0.25) is 0 Å². The standard InChI is InChI=1S/C7H6BrN3/c1-5-7(8)10-4-6-9-2-3-11(5)6/h2-4H,1H3. The van der Waals surface area contributed by atoms with E-state index in [9.17, 15) is 0 Å². The predicted molar refractivity (Wildman–Crippen MR) is 45.4 cm³/mol. The molecule has 0 aliphatic rings. The van der Waals surface area contributed by atoms with E-state index < -0.39 is 0 Å². The van der Waals surface area contributed by atoms with Gasteiger partial charge in [-0.2, -0.15) is 0 Å². The molecule has 2 rings (SSSR count). The topological polar surface area (TPSA) is 30.2 Å². The molecule has 0 saturated heterocycles. The molecule has 2 aromatic heterocycles. The van der Waals surface area contributed by atoms with Crippen LogP contribution in [-0.2, 0) is 0 Å². The Labute approximate surface area is 72.2 Å². The minimum atomic E-state index is 0.864. The molecule has 0 N–H and O–H groups in total. The lowest BCUT2D eigenvalue weighted by Crippen LogP contribution is -1.92. The van der Waals surface area contributed by atoms with Crippen molar-refractivity contribution in [2.45, 2.75) is 6.92 Å². The molecule has 4 heteroatoms. The van der Waals surface area contributed by atoms with Crippen LogP contribution in [0.2, 0.25) is 0 Å². The molecule has 0 radical (unpaired) electrons. The van der Waals surface area contributed by atoms with E-state index in [1.807, 2.05) is 17.5 Å². The van der Waals surface area contributed by atoms with E-state index in [0.29, 0.717) is 0 Å². The summed E-state index contributed by atoms with van der Waals surface area (Å²) in [4.78, 5) is 8.21. The average Bonchev–Trinajstić information content (AvgIpc) is 2.45. The van der Waals surface area contributed by atoms with Crippen molar-refractivity contribution in [1.29, 1.82) is 0 Å². The third-order valence-electron chi connectivity index (χ3n) is 1.62. The molecule has 2 heterocycles. The van der Waals surface area contributed by atoms with Crippen molar-refractivity contribution in [3.63, 3.8) is 0 Å². The molecule has 0 aliphatic carbocycles. The van der Waals surface area contributed by atoms with E-state index in [-0.39, 0.29) is 0 Å². The second-order valence-corrected chi connectivity index (χ2v) is 3.04. The van der Waals surface area contributed by atoms with E-state index in [0.717, 1.165) is 15.9 Å². The number of nitrogens with zero attached hydrogens (tertiary/aromatic N) is 3. The first-order chi connectivity index (χ1) is 5.29. The molecule has 3 nitrogen and oxygen atoms in total. The summed E-state index contributed by atoms with van der Waals surface area (Å²) >= 11 is 3.34. The number of rotatable bonds is 0. The highest BCUT2D eigenvalue weighted by atomic mass is 79.9. The summed E-state index contributed by atoms with van der Waals surface area (Å²) in [6, 6.07) is 0. The maximum absolute atomic E-state index is 4.11. The number of aromatic nitrogens is 3. The van der Waals surface area contributed by atoms with Crippen LogP contribution in [0.4, 0.5) is 0 Å². The van der Waals surface area contributed by atoms with Gasteiger partial charge < -0.3 is 4.40 Å². The lowest BCUT2D eigenvalue weighted by molar-refractivity contribution is 1.02. The summed E-state index contributed by atoms with van der Waals surface area (Å²) in [6.07, 6.45) is 5.41. The SMILES string of the molecule is Cc1c(Br)ncc2nccn12. The Hall–Kier alpha value is -0.900. The van der Waals surface area contributed by atoms with Crippen LogP contribution in [0.3, 0.4) is 0 Å². The van der Waals surface area contributed by atoms with Crippen LogP contribution in [0, 0.1) is 6.92 Å². The Kier molecular flexibility index (Phi) is 1.42. The molecule has 0 fully saturated rings. The number of fused-ring (bicyclic) bond motifs is 1. The summed E-state index contributed by atoms with van der Waals surface area (Å²) in [7, 11) is 0. The van der Waals surface area contributed by atoms with Crippen molar-refractivity contribution < 1.29 is 0 Å². The maximum Gasteiger partial charge on any atom is 0.155 e. The van der Waals surface area contributed by atoms with Crippen molar-refractivity contribution >= 4 is 21.6 Å². The largest absolute Gasteiger partial charge is 0.300 e. The second kappa shape index (κ2) is 2.30. The fourth-order valence-electron chi connectivity index (χ4n) is 1.00. The Morgan fingerprint density at radius 2 is 2.27 bits per heavy atom. The van der Waals surface area contributed by atoms with Gasteiger partial charge in [0.2, 0.25) is 0 Å².